The van der Waals surface area contributed by atoms with E-state index in [0.717, 1.165) is 0 Å². The van der Waals surface area contributed by atoms with Crippen LogP contribution in [0.2, 0.25) is 0 Å². The molecule has 0 spiro atoms. The van der Waals surface area contributed by atoms with E-state index in [4.69, 9.17) is 18.9 Å². The number of amides is 1. The highest BCUT2D eigenvalue weighted by Crippen LogP contribution is 2.55. The van der Waals surface area contributed by atoms with Crippen LogP contribution in [0.25, 0.3) is 10.8 Å². The summed E-state index contributed by atoms with van der Waals surface area (Å²) in [5.41, 5.74) is 0.0370. The van der Waals surface area contributed by atoms with Gasteiger partial charge in [-0.05, 0) is 34.0 Å². The Hall–Kier alpha value is -4.63. The molecule has 5 rings (SSSR count). The summed E-state index contributed by atoms with van der Waals surface area (Å²) in [4.78, 5) is 41.7. The number of fused-ring (bicyclic) bond motifs is 14. The molecule has 14 heteroatoms. The average Bonchev–Trinajstić information content (AvgIpc) is 3.38. The number of aliphatic hydroxyl groups excluding tert-OH is 2. The Kier molecular flexibility index (Phi) is 12.8. The second-order valence-corrected chi connectivity index (χ2v) is 14.9. The van der Waals surface area contributed by atoms with Gasteiger partial charge in [0.25, 0.3) is 11.7 Å². The van der Waals surface area contributed by atoms with Crippen LogP contribution < -0.4 is 10.1 Å². The van der Waals surface area contributed by atoms with Crippen LogP contribution in [0.5, 0.6) is 23.0 Å². The normalized spacial score (nSPS) is 29.6. The molecule has 3 aliphatic heterocycles. The van der Waals surface area contributed by atoms with E-state index in [0.29, 0.717) is 0 Å². The van der Waals surface area contributed by atoms with E-state index in [1.807, 2.05) is 0 Å². The molecule has 1 amide bonds. The third-order valence-corrected chi connectivity index (χ3v) is 10.6. The summed E-state index contributed by atoms with van der Waals surface area (Å²) in [6, 6.07) is 0. The fraction of sp³-hybridized carbons (Fsp3) is 0.525. The molecule has 6 N–H and O–H groups in total. The Morgan fingerprint density at radius 3 is 2.19 bits per heavy atom. The number of nitrogens with zero attached hydrogens (tertiary/aromatic N) is 1. The summed E-state index contributed by atoms with van der Waals surface area (Å²) in [6.07, 6.45) is 3.65. The number of carbonyl (C=O) groups is 3. The lowest BCUT2D eigenvalue weighted by Gasteiger charge is -2.38. The minimum atomic E-state index is -2.01. The zero-order valence-electron chi connectivity index (χ0n) is 32.8. The number of ether oxygens (including phenoxy) is 4. The predicted octanol–water partition coefficient (Wildman–Crippen LogP) is 4.82. The van der Waals surface area contributed by atoms with E-state index in [1.165, 1.54) is 53.2 Å². The molecule has 0 fully saturated rings. The lowest BCUT2D eigenvalue weighted by Crippen LogP contribution is -2.46. The highest BCUT2D eigenvalue weighted by atomic mass is 16.7. The Morgan fingerprint density at radius 1 is 0.944 bits per heavy atom. The first-order valence-electron chi connectivity index (χ1n) is 17.9. The highest BCUT2D eigenvalue weighted by Gasteiger charge is 2.50. The Bertz CT molecular complexity index is 1880. The van der Waals surface area contributed by atoms with Gasteiger partial charge in [0.1, 0.15) is 23.4 Å². The summed E-state index contributed by atoms with van der Waals surface area (Å²) in [5.74, 6) is -7.98. The topological polar surface area (TPSA) is 205 Å². The maximum Gasteiger partial charge on any atom is 0.312 e. The number of ketones is 1. The van der Waals surface area contributed by atoms with Crippen molar-refractivity contribution in [3.05, 3.63) is 52.8 Å². The first kappa shape index (κ1) is 42.1. The number of hydrogen-bond donors (Lipinski definition) is 6. The SMILES string of the molecule is CO[C@@H]1C=CO[C@@]2(C)Oc3c(C)c(O)c4c(O)c(c(CN(C)C)c(O)c4c3C2=O)NC(=O)C(C)=CC=C[C@H](C)[C@H](O)[C@H](C)[C@H](O)[C@H](C)[C@@H](OC(C)=O)[C@@H]1C. The number of phenolic OH excluding ortho intramolecular Hbond substituents is 3. The van der Waals surface area contributed by atoms with Crippen molar-refractivity contribution in [2.45, 2.75) is 92.1 Å². The van der Waals surface area contributed by atoms with Crippen molar-refractivity contribution in [3.63, 3.8) is 0 Å². The van der Waals surface area contributed by atoms with Gasteiger partial charge in [-0.2, -0.15) is 0 Å². The second-order valence-electron chi connectivity index (χ2n) is 14.9. The van der Waals surface area contributed by atoms with Crippen LogP contribution in [-0.4, -0.2) is 99.5 Å². The number of methoxy groups -OCH3 is 1. The van der Waals surface area contributed by atoms with Gasteiger partial charge < -0.3 is 54.7 Å². The van der Waals surface area contributed by atoms with Crippen LogP contribution in [-0.2, 0) is 30.3 Å². The molecule has 0 saturated heterocycles. The van der Waals surface area contributed by atoms with Gasteiger partial charge in [-0.15, -0.1) is 0 Å². The zero-order chi connectivity index (χ0) is 40.6. The van der Waals surface area contributed by atoms with Gasteiger partial charge in [0.05, 0.1) is 41.2 Å². The number of aliphatic hydroxyl groups is 2. The molecule has 3 aliphatic rings. The van der Waals surface area contributed by atoms with Crippen LogP contribution in [0, 0.1) is 30.6 Å². The molecule has 0 aliphatic carbocycles. The largest absolute Gasteiger partial charge is 0.507 e. The molecule has 2 aromatic rings. The van der Waals surface area contributed by atoms with Gasteiger partial charge in [-0.25, -0.2) is 0 Å². The molecule has 5 bridgehead atoms. The molecule has 0 radical (unpaired) electrons. The Balaban J connectivity index is 1.96. The molecule has 0 aromatic heterocycles. The van der Waals surface area contributed by atoms with Crippen molar-refractivity contribution in [2.75, 3.05) is 26.5 Å². The number of nitrogens with one attached hydrogen (secondary N) is 1. The number of benzene rings is 2. The smallest absolute Gasteiger partial charge is 0.312 e. The van der Waals surface area contributed by atoms with Gasteiger partial charge >= 0.3 is 11.8 Å². The minimum absolute atomic E-state index is 0.00552. The summed E-state index contributed by atoms with van der Waals surface area (Å²) in [6.45, 7) is 12.6. The average molecular weight is 755 g/mol. The van der Waals surface area contributed by atoms with Crippen LogP contribution in [0.3, 0.4) is 0 Å². The number of carbonyl (C=O) groups excluding carboxylic acids is 3. The summed E-state index contributed by atoms with van der Waals surface area (Å²) in [7, 11) is 4.86. The van der Waals surface area contributed by atoms with E-state index >= 15 is 0 Å². The molecule has 54 heavy (non-hydrogen) atoms. The van der Waals surface area contributed by atoms with Gasteiger partial charge in [-0.1, -0.05) is 45.9 Å². The fourth-order valence-electron chi connectivity index (χ4n) is 7.26. The maximum absolute atomic E-state index is 14.2. The first-order valence-corrected chi connectivity index (χ1v) is 17.9. The number of Topliss-reactive ketones (excluding diaryl/α,β-unsaturated/α-hetero) is 1. The molecular formula is C40H54N2O12. The maximum atomic E-state index is 14.2. The molecule has 9 atom stereocenters. The summed E-state index contributed by atoms with van der Waals surface area (Å²) < 4.78 is 23.5. The van der Waals surface area contributed by atoms with Gasteiger partial charge in [-0.3, -0.25) is 14.4 Å². The number of aromatic hydroxyl groups is 3. The van der Waals surface area contributed by atoms with E-state index in [-0.39, 0.29) is 51.0 Å². The van der Waals surface area contributed by atoms with Crippen molar-refractivity contribution in [2.24, 2.45) is 23.7 Å². The quantitative estimate of drug-likeness (QED) is 0.141. The van der Waals surface area contributed by atoms with Crippen LogP contribution in [0.1, 0.15) is 70.0 Å². The summed E-state index contributed by atoms with van der Waals surface area (Å²) >= 11 is 0. The standard InChI is InChI=1S/C40H54N2O12/c1-18-13-12-14-19(2)39(50)41-30-25(17-42(9)10)34(47)27-28(35(30)48)33(46)23(6)37-29(27)38(49)40(8,54-37)52-16-15-26(51-11)20(3)36(53-24(7)43)22(5)32(45)21(4)31(18)44/h12-16,18,20-22,26,31-32,36,44-48H,17H2,1-11H3,(H,41,50)/t18-,20+,21-,22-,26+,31-,32-,36-,40-/m0/s1. The molecule has 14 nitrogen and oxygen atoms in total. The number of esters is 1. The van der Waals surface area contributed by atoms with Crippen LogP contribution in [0.15, 0.2) is 36.1 Å². The van der Waals surface area contributed by atoms with Crippen molar-refractivity contribution >= 4 is 34.1 Å². The Morgan fingerprint density at radius 2 is 1.59 bits per heavy atom. The van der Waals surface area contributed by atoms with Crippen molar-refractivity contribution in [1.82, 2.24) is 4.90 Å². The Labute approximate surface area is 315 Å². The zero-order valence-corrected chi connectivity index (χ0v) is 32.8. The first-order chi connectivity index (χ1) is 25.2. The van der Waals surface area contributed by atoms with Crippen molar-refractivity contribution in [1.29, 1.82) is 0 Å². The van der Waals surface area contributed by atoms with Gasteiger partial charge in [0.15, 0.2) is 5.75 Å². The molecular weight excluding hydrogens is 700 g/mol. The number of phenols is 3. The molecule has 3 heterocycles. The minimum Gasteiger partial charge on any atom is -0.507 e. The number of rotatable bonds is 4. The lowest BCUT2D eigenvalue weighted by atomic mass is 9.78. The molecule has 0 unspecified atom stereocenters. The van der Waals surface area contributed by atoms with Crippen LogP contribution in [0.4, 0.5) is 5.69 Å². The van der Waals surface area contributed by atoms with Crippen molar-refractivity contribution in [3.8, 4) is 23.0 Å². The monoisotopic (exact) mass is 754 g/mol. The second kappa shape index (κ2) is 16.4. The molecule has 296 valence electrons. The van der Waals surface area contributed by atoms with E-state index in [2.05, 4.69) is 5.32 Å². The molecule has 2 aromatic carbocycles. The summed E-state index contributed by atoms with van der Waals surface area (Å²) in [5, 5.41) is 59.9. The van der Waals surface area contributed by atoms with Gasteiger partial charge in [0, 0.05) is 73.3 Å². The molecule has 0 saturated carbocycles. The van der Waals surface area contributed by atoms with Gasteiger partial charge in [0.2, 0.25) is 0 Å². The third kappa shape index (κ3) is 7.92. The highest BCUT2D eigenvalue weighted by molar-refractivity contribution is 6.22. The van der Waals surface area contributed by atoms with Crippen molar-refractivity contribution < 1.29 is 58.9 Å². The number of anilines is 1. The predicted molar refractivity (Wildman–Crippen MR) is 201 cm³/mol. The van der Waals surface area contributed by atoms with Crippen LogP contribution >= 0.6 is 0 Å². The van der Waals surface area contributed by atoms with E-state index < -0.39 is 88.8 Å². The lowest BCUT2D eigenvalue weighted by molar-refractivity contribution is -0.160. The fourth-order valence-corrected chi connectivity index (χ4v) is 7.26. The number of allylic oxidation sites excluding steroid dienone is 2. The van der Waals surface area contributed by atoms with E-state index in [1.54, 1.807) is 58.8 Å². The third-order valence-electron chi connectivity index (χ3n) is 10.6. The number of hydrogen-bond acceptors (Lipinski definition) is 13. The van der Waals surface area contributed by atoms with E-state index in [9.17, 15) is 39.9 Å².